The van der Waals surface area contributed by atoms with Gasteiger partial charge in [0, 0.05) is 18.0 Å². The lowest BCUT2D eigenvalue weighted by Gasteiger charge is -2.09. The molecule has 0 aliphatic heterocycles. The molecule has 2 aromatic carbocycles. The molecule has 0 spiro atoms. The number of aromatic amines is 1. The number of imidazole rings is 1. The van der Waals surface area contributed by atoms with Gasteiger partial charge in [0.1, 0.15) is 0 Å². The van der Waals surface area contributed by atoms with E-state index < -0.39 is 0 Å². The minimum atomic E-state index is -0.124. The number of nitrogens with one attached hydrogen (secondary N) is 1. The smallest absolute Gasteiger partial charge is 0.304 e. The molecule has 1 fully saturated rings. The lowest BCUT2D eigenvalue weighted by atomic mass is 10.00. The molecule has 3 aromatic heterocycles. The molecule has 1 aliphatic rings. The number of pyridine rings is 1. The van der Waals surface area contributed by atoms with Crippen LogP contribution >= 0.6 is 0 Å². The van der Waals surface area contributed by atoms with E-state index in [0.29, 0.717) is 12.5 Å². The Hall–Kier alpha value is -3.93. The normalized spacial score (nSPS) is 13.7. The quantitative estimate of drug-likeness (QED) is 0.466. The van der Waals surface area contributed by atoms with E-state index in [2.05, 4.69) is 39.3 Å². The summed E-state index contributed by atoms with van der Waals surface area (Å²) < 4.78 is 3.60. The predicted molar refractivity (Wildman–Crippen MR) is 120 cm³/mol. The summed E-state index contributed by atoms with van der Waals surface area (Å²) in [6.45, 7) is 0.492. The van der Waals surface area contributed by atoms with Crippen LogP contribution in [0.25, 0.3) is 28.0 Å². The van der Waals surface area contributed by atoms with Crippen molar-refractivity contribution in [3.8, 4) is 16.9 Å². The van der Waals surface area contributed by atoms with Crippen LogP contribution < -0.4 is 5.69 Å². The van der Waals surface area contributed by atoms with Crippen LogP contribution in [0.3, 0.4) is 0 Å². The Kier molecular flexibility index (Phi) is 4.09. The molecular formula is C25H21N5O. The fourth-order valence-electron chi connectivity index (χ4n) is 4.20. The van der Waals surface area contributed by atoms with Crippen LogP contribution in [-0.2, 0) is 6.54 Å². The molecule has 0 bridgehead atoms. The van der Waals surface area contributed by atoms with E-state index in [1.165, 1.54) is 18.4 Å². The molecule has 6 heteroatoms. The van der Waals surface area contributed by atoms with Crippen molar-refractivity contribution in [3.63, 3.8) is 0 Å². The van der Waals surface area contributed by atoms with E-state index in [4.69, 9.17) is 0 Å². The van der Waals surface area contributed by atoms with Gasteiger partial charge in [0.05, 0.1) is 35.2 Å². The highest BCUT2D eigenvalue weighted by molar-refractivity contribution is 5.80. The molecule has 1 aliphatic carbocycles. The van der Waals surface area contributed by atoms with Crippen molar-refractivity contribution in [2.24, 2.45) is 0 Å². The van der Waals surface area contributed by atoms with Crippen molar-refractivity contribution in [3.05, 3.63) is 101 Å². The Labute approximate surface area is 178 Å². The van der Waals surface area contributed by atoms with E-state index in [1.807, 2.05) is 47.3 Å². The third-order valence-corrected chi connectivity index (χ3v) is 5.96. The van der Waals surface area contributed by atoms with Crippen molar-refractivity contribution in [1.29, 1.82) is 0 Å². The van der Waals surface area contributed by atoms with Crippen molar-refractivity contribution in [2.75, 3.05) is 0 Å². The minimum Gasteiger partial charge on any atom is -0.304 e. The number of nitrogens with zero attached hydrogens (tertiary/aromatic N) is 4. The van der Waals surface area contributed by atoms with Crippen LogP contribution in [0.15, 0.2) is 84.0 Å². The third kappa shape index (κ3) is 3.26. The zero-order valence-electron chi connectivity index (χ0n) is 16.9. The molecular weight excluding hydrogens is 386 g/mol. The van der Waals surface area contributed by atoms with Gasteiger partial charge in [0.15, 0.2) is 0 Å². The van der Waals surface area contributed by atoms with E-state index >= 15 is 0 Å². The highest BCUT2D eigenvalue weighted by Gasteiger charge is 2.26. The number of rotatable bonds is 5. The topological polar surface area (TPSA) is 68.5 Å². The summed E-state index contributed by atoms with van der Waals surface area (Å²) in [6.07, 6.45) is 7.91. The largest absolute Gasteiger partial charge is 0.326 e. The van der Waals surface area contributed by atoms with E-state index in [9.17, 15) is 4.79 Å². The average Bonchev–Trinajstić information content (AvgIpc) is 3.42. The molecule has 1 N–H and O–H groups in total. The molecule has 6 nitrogen and oxygen atoms in total. The standard InChI is InChI=1S/C25H21N5O/c31-25-28-23-15-26-22(21-5-2-1-4-20(21)18-8-9-18)14-24(23)29(25)16-17-6-10-19(11-7-17)30-13-3-12-27-30/h1-7,10-15,18H,8-9,16H2,(H,28,31). The van der Waals surface area contributed by atoms with Crippen LogP contribution in [0.5, 0.6) is 0 Å². The van der Waals surface area contributed by atoms with Crippen LogP contribution in [0, 0.1) is 0 Å². The van der Waals surface area contributed by atoms with Gasteiger partial charge in [-0.1, -0.05) is 36.4 Å². The van der Waals surface area contributed by atoms with Crippen molar-refractivity contribution >= 4 is 11.0 Å². The molecule has 0 amide bonds. The van der Waals surface area contributed by atoms with Gasteiger partial charge in [-0.2, -0.15) is 5.10 Å². The lowest BCUT2D eigenvalue weighted by Crippen LogP contribution is -2.17. The summed E-state index contributed by atoms with van der Waals surface area (Å²) in [6, 6.07) is 20.5. The first-order chi connectivity index (χ1) is 15.3. The van der Waals surface area contributed by atoms with Crippen LogP contribution in [0.1, 0.15) is 29.9 Å². The first-order valence-corrected chi connectivity index (χ1v) is 10.5. The van der Waals surface area contributed by atoms with E-state index in [0.717, 1.165) is 33.5 Å². The first kappa shape index (κ1) is 17.9. The van der Waals surface area contributed by atoms with Gasteiger partial charge >= 0.3 is 5.69 Å². The minimum absolute atomic E-state index is 0.124. The van der Waals surface area contributed by atoms with Gasteiger partial charge < -0.3 is 4.98 Å². The lowest BCUT2D eigenvalue weighted by molar-refractivity contribution is 0.785. The molecule has 0 atom stereocenters. The average molecular weight is 407 g/mol. The fourth-order valence-corrected chi connectivity index (χ4v) is 4.20. The van der Waals surface area contributed by atoms with Crippen molar-refractivity contribution in [2.45, 2.75) is 25.3 Å². The third-order valence-electron chi connectivity index (χ3n) is 5.96. The molecule has 5 aromatic rings. The van der Waals surface area contributed by atoms with Crippen LogP contribution in [0.2, 0.25) is 0 Å². The highest BCUT2D eigenvalue weighted by atomic mass is 16.1. The Morgan fingerprint density at radius 1 is 1.03 bits per heavy atom. The summed E-state index contributed by atoms with van der Waals surface area (Å²) in [7, 11) is 0. The number of aromatic nitrogens is 5. The zero-order valence-corrected chi connectivity index (χ0v) is 16.9. The maximum atomic E-state index is 12.7. The molecule has 6 rings (SSSR count). The number of hydrogen-bond acceptors (Lipinski definition) is 3. The number of benzene rings is 2. The second kappa shape index (κ2) is 7.09. The molecule has 0 unspecified atom stereocenters. The maximum absolute atomic E-state index is 12.7. The number of H-pyrrole nitrogens is 1. The predicted octanol–water partition coefficient (Wildman–Crippen LogP) is 4.50. The van der Waals surface area contributed by atoms with Gasteiger partial charge in [0.25, 0.3) is 0 Å². The maximum Gasteiger partial charge on any atom is 0.326 e. The van der Waals surface area contributed by atoms with Crippen molar-refractivity contribution in [1.82, 2.24) is 24.3 Å². The Balaban J connectivity index is 1.38. The molecule has 0 radical (unpaired) electrons. The molecule has 3 heterocycles. The second-order valence-electron chi connectivity index (χ2n) is 8.08. The molecule has 152 valence electrons. The Morgan fingerprint density at radius 3 is 2.65 bits per heavy atom. The first-order valence-electron chi connectivity index (χ1n) is 10.5. The zero-order chi connectivity index (χ0) is 20.8. The SMILES string of the molecule is O=c1[nH]c2cnc(-c3ccccc3C3CC3)cc2n1Cc1ccc(-n2cccn2)cc1. The van der Waals surface area contributed by atoms with Gasteiger partial charge in [-0.3, -0.25) is 9.55 Å². The molecule has 0 saturated heterocycles. The van der Waals surface area contributed by atoms with Crippen LogP contribution in [-0.4, -0.2) is 24.3 Å². The molecule has 31 heavy (non-hydrogen) atoms. The van der Waals surface area contributed by atoms with Gasteiger partial charge in [-0.15, -0.1) is 0 Å². The van der Waals surface area contributed by atoms with E-state index in [-0.39, 0.29) is 5.69 Å². The number of fused-ring (bicyclic) bond motifs is 1. The molecule has 1 saturated carbocycles. The van der Waals surface area contributed by atoms with Crippen LogP contribution in [0.4, 0.5) is 0 Å². The Bertz CT molecular complexity index is 1420. The van der Waals surface area contributed by atoms with Crippen molar-refractivity contribution < 1.29 is 0 Å². The fraction of sp³-hybridized carbons (Fsp3) is 0.160. The number of hydrogen-bond donors (Lipinski definition) is 1. The summed E-state index contributed by atoms with van der Waals surface area (Å²) in [5, 5.41) is 4.26. The van der Waals surface area contributed by atoms with E-state index in [1.54, 1.807) is 17.0 Å². The Morgan fingerprint density at radius 2 is 1.87 bits per heavy atom. The summed E-state index contributed by atoms with van der Waals surface area (Å²) in [5.41, 5.74) is 6.97. The second-order valence-corrected chi connectivity index (χ2v) is 8.08. The monoisotopic (exact) mass is 407 g/mol. The van der Waals surface area contributed by atoms with Gasteiger partial charge in [0.2, 0.25) is 0 Å². The van der Waals surface area contributed by atoms with Gasteiger partial charge in [-0.05, 0) is 54.2 Å². The highest BCUT2D eigenvalue weighted by Crippen LogP contribution is 2.44. The summed E-state index contributed by atoms with van der Waals surface area (Å²) in [4.78, 5) is 20.3. The van der Waals surface area contributed by atoms with Gasteiger partial charge in [-0.25, -0.2) is 9.48 Å². The summed E-state index contributed by atoms with van der Waals surface area (Å²) in [5.74, 6) is 0.635. The summed E-state index contributed by atoms with van der Waals surface area (Å²) >= 11 is 0.